The van der Waals surface area contributed by atoms with Crippen LogP contribution in [0.15, 0.2) is 36.9 Å². The standard InChI is InChI=1S/C16H20N6O2/c17-16(24)14-7-19-8-15(20-14)22-5-4-21(10-13(23)11-22)9-12-2-1-3-18-6-12/h1-3,6-8,13,23H,4-5,9-11H2,(H2,17,24)/t13-/m0/s1. The third-order valence-corrected chi connectivity index (χ3v) is 3.91. The van der Waals surface area contributed by atoms with Crippen LogP contribution in [0.1, 0.15) is 16.1 Å². The van der Waals surface area contributed by atoms with E-state index in [4.69, 9.17) is 5.73 Å². The van der Waals surface area contributed by atoms with E-state index in [2.05, 4.69) is 19.9 Å². The lowest BCUT2D eigenvalue weighted by Gasteiger charge is -2.22. The Hall–Kier alpha value is -2.58. The number of aliphatic hydroxyl groups is 1. The summed E-state index contributed by atoms with van der Waals surface area (Å²) in [6, 6.07) is 3.92. The molecule has 0 bridgehead atoms. The Morgan fingerprint density at radius 3 is 2.88 bits per heavy atom. The number of aliphatic hydroxyl groups excluding tert-OH is 1. The van der Waals surface area contributed by atoms with Gasteiger partial charge in [0.05, 0.1) is 18.5 Å². The Kier molecular flexibility index (Phi) is 4.97. The average molecular weight is 328 g/mol. The smallest absolute Gasteiger partial charge is 0.268 e. The Balaban J connectivity index is 1.70. The highest BCUT2D eigenvalue weighted by molar-refractivity contribution is 5.90. The largest absolute Gasteiger partial charge is 0.390 e. The Morgan fingerprint density at radius 2 is 2.12 bits per heavy atom. The quantitative estimate of drug-likeness (QED) is 0.790. The van der Waals surface area contributed by atoms with Gasteiger partial charge in [0.25, 0.3) is 5.91 Å². The van der Waals surface area contributed by atoms with E-state index in [1.54, 1.807) is 12.4 Å². The molecule has 0 saturated carbocycles. The van der Waals surface area contributed by atoms with Gasteiger partial charge >= 0.3 is 0 Å². The van der Waals surface area contributed by atoms with Gasteiger partial charge in [-0.2, -0.15) is 0 Å². The molecule has 24 heavy (non-hydrogen) atoms. The number of nitrogens with two attached hydrogens (primary N) is 1. The van der Waals surface area contributed by atoms with Gasteiger partial charge in [-0.15, -0.1) is 0 Å². The van der Waals surface area contributed by atoms with Gasteiger partial charge in [-0.25, -0.2) is 4.98 Å². The third-order valence-electron chi connectivity index (χ3n) is 3.91. The molecule has 126 valence electrons. The molecule has 1 fully saturated rings. The second-order valence-corrected chi connectivity index (χ2v) is 5.82. The first-order chi connectivity index (χ1) is 11.6. The van der Waals surface area contributed by atoms with Crippen molar-refractivity contribution in [3.8, 4) is 0 Å². The fraction of sp³-hybridized carbons (Fsp3) is 0.375. The lowest BCUT2D eigenvalue weighted by molar-refractivity contribution is 0.0995. The summed E-state index contributed by atoms with van der Waals surface area (Å²) in [5.74, 6) is -0.0634. The van der Waals surface area contributed by atoms with Crippen LogP contribution in [-0.4, -0.2) is 63.1 Å². The second kappa shape index (κ2) is 7.33. The highest BCUT2D eigenvalue weighted by Gasteiger charge is 2.23. The molecule has 3 N–H and O–H groups in total. The molecule has 0 spiro atoms. The van der Waals surface area contributed by atoms with E-state index in [1.165, 1.54) is 6.20 Å². The number of primary amides is 1. The van der Waals surface area contributed by atoms with Crippen LogP contribution in [0.25, 0.3) is 0 Å². The zero-order valence-corrected chi connectivity index (χ0v) is 13.2. The van der Waals surface area contributed by atoms with Crippen LogP contribution < -0.4 is 10.6 Å². The van der Waals surface area contributed by atoms with Gasteiger partial charge in [-0.1, -0.05) is 6.07 Å². The average Bonchev–Trinajstić information content (AvgIpc) is 2.77. The van der Waals surface area contributed by atoms with Gasteiger partial charge in [0.15, 0.2) is 0 Å². The zero-order chi connectivity index (χ0) is 16.9. The normalized spacial score (nSPS) is 19.0. The number of β-amino-alcohol motifs (C(OH)–C–C–N with tert-alkyl or cyclic N) is 1. The van der Waals surface area contributed by atoms with Crippen molar-refractivity contribution >= 4 is 11.7 Å². The van der Waals surface area contributed by atoms with Gasteiger partial charge in [0.2, 0.25) is 0 Å². The number of nitrogens with zero attached hydrogens (tertiary/aromatic N) is 5. The molecule has 3 heterocycles. The van der Waals surface area contributed by atoms with E-state index in [-0.39, 0.29) is 5.69 Å². The molecule has 1 saturated heterocycles. The van der Waals surface area contributed by atoms with E-state index < -0.39 is 12.0 Å². The number of amides is 1. The second-order valence-electron chi connectivity index (χ2n) is 5.82. The molecule has 2 aromatic heterocycles. The number of carbonyl (C=O) groups is 1. The molecule has 8 heteroatoms. The van der Waals surface area contributed by atoms with Crippen LogP contribution in [-0.2, 0) is 6.54 Å². The maximum atomic E-state index is 11.3. The highest BCUT2D eigenvalue weighted by Crippen LogP contribution is 2.15. The molecule has 1 amide bonds. The van der Waals surface area contributed by atoms with E-state index in [0.717, 1.165) is 18.7 Å². The fourth-order valence-electron chi connectivity index (χ4n) is 2.78. The van der Waals surface area contributed by atoms with Crippen molar-refractivity contribution < 1.29 is 9.90 Å². The summed E-state index contributed by atoms with van der Waals surface area (Å²) >= 11 is 0. The lowest BCUT2D eigenvalue weighted by atomic mass is 10.2. The number of hydrogen-bond donors (Lipinski definition) is 2. The third kappa shape index (κ3) is 4.03. The molecule has 2 aromatic rings. The zero-order valence-electron chi connectivity index (χ0n) is 13.2. The number of carbonyl (C=O) groups excluding carboxylic acids is 1. The Labute approximate surface area is 140 Å². The summed E-state index contributed by atoms with van der Waals surface area (Å²) in [5.41, 5.74) is 6.48. The van der Waals surface area contributed by atoms with Crippen LogP contribution in [0.5, 0.6) is 0 Å². The van der Waals surface area contributed by atoms with Crippen molar-refractivity contribution in [3.63, 3.8) is 0 Å². The SMILES string of the molecule is NC(=O)c1cncc(N2CCN(Cc3cccnc3)C[C@H](O)C2)n1. The summed E-state index contributed by atoms with van der Waals surface area (Å²) < 4.78 is 0. The predicted molar refractivity (Wildman–Crippen MR) is 88.3 cm³/mol. The molecule has 1 aliphatic heterocycles. The summed E-state index contributed by atoms with van der Waals surface area (Å²) in [4.78, 5) is 27.7. The van der Waals surface area contributed by atoms with Crippen LogP contribution >= 0.6 is 0 Å². The summed E-state index contributed by atoms with van der Waals surface area (Å²) in [5, 5.41) is 10.3. The molecular weight excluding hydrogens is 308 g/mol. The monoisotopic (exact) mass is 328 g/mol. The van der Waals surface area contributed by atoms with E-state index >= 15 is 0 Å². The summed E-state index contributed by atoms with van der Waals surface area (Å²) in [7, 11) is 0. The van der Waals surface area contributed by atoms with Crippen LogP contribution in [0.3, 0.4) is 0 Å². The van der Waals surface area contributed by atoms with Crippen molar-refractivity contribution in [2.75, 3.05) is 31.1 Å². The highest BCUT2D eigenvalue weighted by atomic mass is 16.3. The minimum Gasteiger partial charge on any atom is -0.390 e. The van der Waals surface area contributed by atoms with E-state index in [9.17, 15) is 9.90 Å². The maximum Gasteiger partial charge on any atom is 0.268 e. The molecule has 1 atom stereocenters. The predicted octanol–water partition coefficient (Wildman–Crippen LogP) is -0.346. The van der Waals surface area contributed by atoms with Gasteiger partial charge in [-0.05, 0) is 11.6 Å². The van der Waals surface area contributed by atoms with Gasteiger partial charge < -0.3 is 15.7 Å². The topological polar surface area (TPSA) is 108 Å². The Morgan fingerprint density at radius 1 is 1.25 bits per heavy atom. The molecular formula is C16H20N6O2. The first-order valence-corrected chi connectivity index (χ1v) is 7.78. The molecule has 8 nitrogen and oxygen atoms in total. The summed E-state index contributed by atoms with van der Waals surface area (Å²) in [6.07, 6.45) is 5.97. The van der Waals surface area contributed by atoms with Gasteiger partial charge in [0.1, 0.15) is 11.5 Å². The van der Waals surface area contributed by atoms with Crippen LogP contribution in [0, 0.1) is 0 Å². The molecule has 0 aliphatic carbocycles. The molecule has 3 rings (SSSR count). The van der Waals surface area contributed by atoms with Crippen molar-refractivity contribution in [2.45, 2.75) is 12.6 Å². The number of hydrogen-bond acceptors (Lipinski definition) is 7. The minimum atomic E-state index is -0.613. The van der Waals surface area contributed by atoms with Crippen molar-refractivity contribution in [3.05, 3.63) is 48.2 Å². The molecule has 0 aromatic carbocycles. The first-order valence-electron chi connectivity index (χ1n) is 7.78. The minimum absolute atomic E-state index is 0.124. The molecule has 0 radical (unpaired) electrons. The van der Waals surface area contributed by atoms with E-state index in [1.807, 2.05) is 23.2 Å². The number of aromatic nitrogens is 3. The van der Waals surface area contributed by atoms with Gasteiger partial charge in [0, 0.05) is 45.1 Å². The van der Waals surface area contributed by atoms with E-state index in [0.29, 0.717) is 25.5 Å². The van der Waals surface area contributed by atoms with Gasteiger partial charge in [-0.3, -0.25) is 19.7 Å². The fourth-order valence-corrected chi connectivity index (χ4v) is 2.78. The number of rotatable bonds is 4. The van der Waals surface area contributed by atoms with Crippen molar-refractivity contribution in [1.82, 2.24) is 19.9 Å². The van der Waals surface area contributed by atoms with Crippen LogP contribution in [0.2, 0.25) is 0 Å². The van der Waals surface area contributed by atoms with Crippen LogP contribution in [0.4, 0.5) is 5.82 Å². The van der Waals surface area contributed by atoms with Crippen molar-refractivity contribution in [2.24, 2.45) is 5.73 Å². The number of anilines is 1. The maximum absolute atomic E-state index is 11.3. The lowest BCUT2D eigenvalue weighted by Crippen LogP contribution is -2.34. The first kappa shape index (κ1) is 16.3. The number of pyridine rings is 1. The Bertz CT molecular complexity index is 696. The molecule has 1 aliphatic rings. The summed E-state index contributed by atoms with van der Waals surface area (Å²) in [6.45, 7) is 3.16. The molecule has 0 unspecified atom stereocenters. The van der Waals surface area contributed by atoms with Crippen molar-refractivity contribution in [1.29, 1.82) is 0 Å².